The van der Waals surface area contributed by atoms with Gasteiger partial charge in [0.05, 0.1) is 4.90 Å². The minimum atomic E-state index is -3.62. The van der Waals surface area contributed by atoms with Crippen LogP contribution in [-0.2, 0) is 9.84 Å². The minimum absolute atomic E-state index is 0.254. The molecule has 0 radical (unpaired) electrons. The standard InChI is InChI=1S/C19H14O3S/c1-13-19(23(20,21)15-8-3-2-4-9-15)17-12-11-14-7-5-6-10-16(14)18(17)22-13/h2-12H,1H3. The molecule has 0 N–H and O–H groups in total. The molecule has 0 saturated carbocycles. The number of hydrogen-bond acceptors (Lipinski definition) is 3. The summed E-state index contributed by atoms with van der Waals surface area (Å²) in [5, 5.41) is 2.57. The van der Waals surface area contributed by atoms with E-state index in [9.17, 15) is 8.42 Å². The molecule has 114 valence electrons. The lowest BCUT2D eigenvalue weighted by molar-refractivity contribution is 0.559. The fourth-order valence-electron chi connectivity index (χ4n) is 2.97. The van der Waals surface area contributed by atoms with E-state index >= 15 is 0 Å². The van der Waals surface area contributed by atoms with Gasteiger partial charge in [0, 0.05) is 10.8 Å². The highest BCUT2D eigenvalue weighted by Gasteiger charge is 2.26. The third-order valence-corrected chi connectivity index (χ3v) is 5.96. The summed E-state index contributed by atoms with van der Waals surface area (Å²) in [4.78, 5) is 0.531. The number of fused-ring (bicyclic) bond motifs is 3. The molecule has 0 amide bonds. The van der Waals surface area contributed by atoms with Crippen LogP contribution < -0.4 is 0 Å². The van der Waals surface area contributed by atoms with Gasteiger partial charge in [0.25, 0.3) is 0 Å². The van der Waals surface area contributed by atoms with E-state index in [0.29, 0.717) is 16.7 Å². The molecule has 0 unspecified atom stereocenters. The number of aryl methyl sites for hydroxylation is 1. The molecule has 0 spiro atoms. The first-order valence-electron chi connectivity index (χ1n) is 7.30. The lowest BCUT2D eigenvalue weighted by Crippen LogP contribution is -2.02. The van der Waals surface area contributed by atoms with Crippen molar-refractivity contribution in [3.05, 3.63) is 72.5 Å². The van der Waals surface area contributed by atoms with Crippen LogP contribution >= 0.6 is 0 Å². The van der Waals surface area contributed by atoms with Gasteiger partial charge >= 0.3 is 0 Å². The van der Waals surface area contributed by atoms with Crippen molar-refractivity contribution in [3.63, 3.8) is 0 Å². The first kappa shape index (κ1) is 14.0. The van der Waals surface area contributed by atoms with Crippen molar-refractivity contribution in [2.24, 2.45) is 0 Å². The van der Waals surface area contributed by atoms with Gasteiger partial charge in [0.15, 0.2) is 0 Å². The zero-order chi connectivity index (χ0) is 16.0. The second-order valence-electron chi connectivity index (χ2n) is 5.47. The van der Waals surface area contributed by atoms with Crippen LogP contribution in [0, 0.1) is 6.92 Å². The third-order valence-electron chi connectivity index (χ3n) is 4.02. The van der Waals surface area contributed by atoms with Crippen LogP contribution in [0.25, 0.3) is 21.7 Å². The predicted molar refractivity (Wildman–Crippen MR) is 90.4 cm³/mol. The molecular formula is C19H14O3S. The van der Waals surface area contributed by atoms with Crippen LogP contribution in [-0.4, -0.2) is 8.42 Å². The Balaban J connectivity index is 2.09. The van der Waals surface area contributed by atoms with E-state index in [1.807, 2.05) is 36.4 Å². The Morgan fingerprint density at radius 3 is 2.26 bits per heavy atom. The molecular weight excluding hydrogens is 308 g/mol. The number of hydrogen-bond donors (Lipinski definition) is 0. The van der Waals surface area contributed by atoms with Crippen LogP contribution in [0.4, 0.5) is 0 Å². The number of rotatable bonds is 2. The lowest BCUT2D eigenvalue weighted by Gasteiger charge is -2.04. The number of benzene rings is 3. The van der Waals surface area contributed by atoms with Gasteiger partial charge in [-0.2, -0.15) is 0 Å². The van der Waals surface area contributed by atoms with Crippen molar-refractivity contribution in [2.45, 2.75) is 16.7 Å². The first-order valence-corrected chi connectivity index (χ1v) is 8.78. The molecule has 1 heterocycles. The highest BCUT2D eigenvalue weighted by Crippen LogP contribution is 2.37. The van der Waals surface area contributed by atoms with E-state index < -0.39 is 9.84 Å². The van der Waals surface area contributed by atoms with Gasteiger partial charge in [-0.3, -0.25) is 0 Å². The van der Waals surface area contributed by atoms with Crippen molar-refractivity contribution < 1.29 is 12.8 Å². The maximum atomic E-state index is 13.0. The van der Waals surface area contributed by atoms with Crippen molar-refractivity contribution in [2.75, 3.05) is 0 Å². The predicted octanol–water partition coefficient (Wildman–Crippen LogP) is 4.73. The number of sulfone groups is 1. The fourth-order valence-corrected chi connectivity index (χ4v) is 4.59. The second kappa shape index (κ2) is 4.96. The zero-order valence-electron chi connectivity index (χ0n) is 12.5. The SMILES string of the molecule is Cc1oc2c(ccc3ccccc32)c1S(=O)(=O)c1ccccc1. The van der Waals surface area contributed by atoms with E-state index in [2.05, 4.69) is 0 Å². The van der Waals surface area contributed by atoms with Gasteiger partial charge < -0.3 is 4.42 Å². The Bertz CT molecular complexity index is 1120. The van der Waals surface area contributed by atoms with E-state index in [4.69, 9.17) is 4.42 Å². The second-order valence-corrected chi connectivity index (χ2v) is 7.35. The molecule has 1 aromatic heterocycles. The van der Waals surface area contributed by atoms with Crippen molar-refractivity contribution >= 4 is 31.6 Å². The molecule has 3 aromatic carbocycles. The van der Waals surface area contributed by atoms with Gasteiger partial charge in [-0.05, 0) is 30.5 Å². The summed E-state index contributed by atoms with van der Waals surface area (Å²) < 4.78 is 31.9. The Kier molecular flexibility index (Phi) is 3.03. The van der Waals surface area contributed by atoms with Crippen LogP contribution in [0.15, 0.2) is 80.9 Å². The van der Waals surface area contributed by atoms with E-state index in [1.165, 1.54) is 0 Å². The molecule has 3 nitrogen and oxygen atoms in total. The zero-order valence-corrected chi connectivity index (χ0v) is 13.3. The third kappa shape index (κ3) is 2.06. The summed E-state index contributed by atoms with van der Waals surface area (Å²) in [6, 6.07) is 20.0. The molecule has 0 aliphatic carbocycles. The minimum Gasteiger partial charge on any atom is -0.459 e. The summed E-state index contributed by atoms with van der Waals surface area (Å²) in [5.41, 5.74) is 0.620. The van der Waals surface area contributed by atoms with Crippen molar-refractivity contribution in [1.29, 1.82) is 0 Å². The van der Waals surface area contributed by atoms with Gasteiger partial charge in [-0.25, -0.2) is 8.42 Å². The van der Waals surface area contributed by atoms with Gasteiger partial charge in [-0.15, -0.1) is 0 Å². The molecule has 4 heteroatoms. The molecule has 0 atom stereocenters. The fraction of sp³-hybridized carbons (Fsp3) is 0.0526. The highest BCUT2D eigenvalue weighted by atomic mass is 32.2. The first-order chi connectivity index (χ1) is 11.1. The average Bonchev–Trinajstić information content (AvgIpc) is 2.93. The maximum Gasteiger partial charge on any atom is 0.210 e. The van der Waals surface area contributed by atoms with Crippen molar-refractivity contribution in [3.8, 4) is 0 Å². The molecule has 23 heavy (non-hydrogen) atoms. The summed E-state index contributed by atoms with van der Waals surface area (Å²) in [7, 11) is -3.62. The normalized spacial score (nSPS) is 12.0. The Morgan fingerprint density at radius 2 is 1.48 bits per heavy atom. The Labute approximate surface area is 134 Å². The van der Waals surface area contributed by atoms with Crippen molar-refractivity contribution in [1.82, 2.24) is 0 Å². The number of furan rings is 1. The molecule has 0 aliphatic heterocycles. The van der Waals surface area contributed by atoms with Crippen LogP contribution in [0.3, 0.4) is 0 Å². The summed E-state index contributed by atoms with van der Waals surface area (Å²) in [6.07, 6.45) is 0. The van der Waals surface area contributed by atoms with Gasteiger partial charge in [-0.1, -0.05) is 48.5 Å². The summed E-state index contributed by atoms with van der Waals surface area (Å²) in [6.45, 7) is 1.70. The smallest absolute Gasteiger partial charge is 0.210 e. The van der Waals surface area contributed by atoms with E-state index in [-0.39, 0.29) is 9.79 Å². The molecule has 0 bridgehead atoms. The van der Waals surface area contributed by atoms with E-state index in [0.717, 1.165) is 10.8 Å². The maximum absolute atomic E-state index is 13.0. The Morgan fingerprint density at radius 1 is 0.783 bits per heavy atom. The summed E-state index contributed by atoms with van der Waals surface area (Å²) in [5.74, 6) is 0.417. The quantitative estimate of drug-likeness (QED) is 0.536. The molecule has 4 aromatic rings. The summed E-state index contributed by atoms with van der Waals surface area (Å²) >= 11 is 0. The monoisotopic (exact) mass is 322 g/mol. The lowest BCUT2D eigenvalue weighted by atomic mass is 10.1. The van der Waals surface area contributed by atoms with Crippen LogP contribution in [0.5, 0.6) is 0 Å². The highest BCUT2D eigenvalue weighted by molar-refractivity contribution is 7.91. The van der Waals surface area contributed by atoms with Crippen LogP contribution in [0.1, 0.15) is 5.76 Å². The topological polar surface area (TPSA) is 47.3 Å². The molecule has 0 aliphatic rings. The van der Waals surface area contributed by atoms with Gasteiger partial charge in [0.1, 0.15) is 16.2 Å². The largest absolute Gasteiger partial charge is 0.459 e. The Hall–Kier alpha value is -2.59. The molecule has 4 rings (SSSR count). The van der Waals surface area contributed by atoms with Gasteiger partial charge in [0.2, 0.25) is 9.84 Å². The van der Waals surface area contributed by atoms with E-state index in [1.54, 1.807) is 37.3 Å². The average molecular weight is 322 g/mol. The molecule has 0 saturated heterocycles. The molecule has 0 fully saturated rings. The van der Waals surface area contributed by atoms with Crippen LogP contribution in [0.2, 0.25) is 0 Å².